The van der Waals surface area contributed by atoms with E-state index in [1.54, 1.807) is 18.2 Å². The molecule has 0 amide bonds. The van der Waals surface area contributed by atoms with Crippen molar-refractivity contribution in [3.05, 3.63) is 28.8 Å². The Kier molecular flexibility index (Phi) is 4.70. The third kappa shape index (κ3) is 3.41. The molecule has 2 rings (SSSR count). The molecule has 0 heterocycles. The maximum absolute atomic E-state index is 11.2. The van der Waals surface area contributed by atoms with Gasteiger partial charge in [0.25, 0.3) is 0 Å². The summed E-state index contributed by atoms with van der Waals surface area (Å²) in [4.78, 5) is 11.2. The number of carboxylic acid groups (broad SMARTS) is 1. The van der Waals surface area contributed by atoms with Crippen molar-refractivity contribution in [2.75, 3.05) is 11.9 Å². The first-order chi connectivity index (χ1) is 9.09. The number of carboxylic acids is 1. The quantitative estimate of drug-likeness (QED) is 0.866. The van der Waals surface area contributed by atoms with Crippen LogP contribution in [0.2, 0.25) is 5.02 Å². The average Bonchev–Trinajstić information content (AvgIpc) is 2.37. The van der Waals surface area contributed by atoms with Crippen LogP contribution in [0, 0.1) is 11.8 Å². The summed E-state index contributed by atoms with van der Waals surface area (Å²) >= 11 is 5.95. The second kappa shape index (κ2) is 6.29. The van der Waals surface area contributed by atoms with Gasteiger partial charge in [-0.25, -0.2) is 4.79 Å². The van der Waals surface area contributed by atoms with Crippen molar-refractivity contribution < 1.29 is 9.90 Å². The lowest BCUT2D eigenvalue weighted by atomic mass is 9.80. The molecule has 19 heavy (non-hydrogen) atoms. The molecule has 0 saturated heterocycles. The second-order valence-electron chi connectivity index (χ2n) is 5.37. The normalized spacial score (nSPS) is 23.1. The van der Waals surface area contributed by atoms with E-state index in [-0.39, 0.29) is 10.6 Å². The number of anilines is 1. The van der Waals surface area contributed by atoms with Crippen LogP contribution in [-0.2, 0) is 0 Å². The van der Waals surface area contributed by atoms with Crippen molar-refractivity contribution in [3.8, 4) is 0 Å². The lowest BCUT2D eigenvalue weighted by Gasteiger charge is -2.29. The van der Waals surface area contributed by atoms with Gasteiger partial charge in [0.1, 0.15) is 5.56 Å². The highest BCUT2D eigenvalue weighted by Crippen LogP contribution is 2.31. The molecule has 1 aliphatic carbocycles. The molecule has 0 aliphatic heterocycles. The third-order valence-corrected chi connectivity index (χ3v) is 4.39. The van der Waals surface area contributed by atoms with Gasteiger partial charge in [0.05, 0.1) is 10.7 Å². The van der Waals surface area contributed by atoms with Gasteiger partial charge in [0.15, 0.2) is 0 Å². The minimum atomic E-state index is -0.982. The summed E-state index contributed by atoms with van der Waals surface area (Å²) in [6, 6.07) is 5.17. The zero-order chi connectivity index (χ0) is 13.8. The molecule has 0 spiro atoms. The fourth-order valence-corrected chi connectivity index (χ4v) is 3.08. The molecule has 104 valence electrons. The highest BCUT2D eigenvalue weighted by atomic mass is 35.5. The number of hydrogen-bond acceptors (Lipinski definition) is 2. The molecule has 1 saturated carbocycles. The zero-order valence-corrected chi connectivity index (χ0v) is 11.9. The minimum absolute atomic E-state index is 0.174. The van der Waals surface area contributed by atoms with Crippen LogP contribution in [-0.4, -0.2) is 17.6 Å². The maximum atomic E-state index is 11.2. The number of aromatic carboxylic acids is 1. The standard InChI is InChI=1S/C15H20ClNO2/c1-10-5-2-3-6-11(10)9-17-13-8-4-7-12(16)14(13)15(18)19/h4,7-8,10-11,17H,2-3,5-6,9H2,1H3,(H,18,19). The van der Waals surface area contributed by atoms with E-state index in [0.717, 1.165) is 6.54 Å². The number of hydrogen-bond donors (Lipinski definition) is 2. The molecule has 3 nitrogen and oxygen atoms in total. The summed E-state index contributed by atoms with van der Waals surface area (Å²) in [5.41, 5.74) is 0.797. The van der Waals surface area contributed by atoms with E-state index in [4.69, 9.17) is 11.6 Å². The van der Waals surface area contributed by atoms with Crippen LogP contribution in [0.3, 0.4) is 0 Å². The van der Waals surface area contributed by atoms with Crippen molar-refractivity contribution in [3.63, 3.8) is 0 Å². The summed E-state index contributed by atoms with van der Waals surface area (Å²) in [7, 11) is 0. The molecule has 1 aromatic rings. The molecule has 2 unspecified atom stereocenters. The Morgan fingerprint density at radius 2 is 2.16 bits per heavy atom. The first-order valence-corrected chi connectivity index (χ1v) is 7.23. The van der Waals surface area contributed by atoms with Crippen molar-refractivity contribution in [1.82, 2.24) is 0 Å². The van der Waals surface area contributed by atoms with Crippen molar-refractivity contribution in [2.24, 2.45) is 11.8 Å². The Hall–Kier alpha value is -1.22. The summed E-state index contributed by atoms with van der Waals surface area (Å²) < 4.78 is 0. The number of rotatable bonds is 4. The van der Waals surface area contributed by atoms with E-state index in [1.165, 1.54) is 25.7 Å². The lowest BCUT2D eigenvalue weighted by Crippen LogP contribution is -2.25. The van der Waals surface area contributed by atoms with Crippen LogP contribution in [0.25, 0.3) is 0 Å². The molecule has 2 N–H and O–H groups in total. The smallest absolute Gasteiger partial charge is 0.339 e. The summed E-state index contributed by atoms with van der Waals surface area (Å²) in [6.07, 6.45) is 5.08. The molecule has 1 fully saturated rings. The van der Waals surface area contributed by atoms with Gasteiger partial charge >= 0.3 is 5.97 Å². The molecule has 4 heteroatoms. The first-order valence-electron chi connectivity index (χ1n) is 6.85. The molecule has 0 radical (unpaired) electrons. The van der Waals surface area contributed by atoms with Crippen LogP contribution in [0.1, 0.15) is 43.0 Å². The number of halogens is 1. The van der Waals surface area contributed by atoms with E-state index in [9.17, 15) is 9.90 Å². The van der Waals surface area contributed by atoms with E-state index in [1.807, 2.05) is 0 Å². The molecule has 1 aromatic carbocycles. The van der Waals surface area contributed by atoms with Crippen LogP contribution < -0.4 is 5.32 Å². The highest BCUT2D eigenvalue weighted by Gasteiger charge is 2.22. The summed E-state index contributed by atoms with van der Waals surface area (Å²) in [6.45, 7) is 3.10. The maximum Gasteiger partial charge on any atom is 0.339 e. The lowest BCUT2D eigenvalue weighted by molar-refractivity contribution is 0.0698. The van der Waals surface area contributed by atoms with Gasteiger partial charge in [0.2, 0.25) is 0 Å². The molecule has 2 atom stereocenters. The molecule has 0 aromatic heterocycles. The van der Waals surface area contributed by atoms with Gasteiger partial charge in [-0.15, -0.1) is 0 Å². The van der Waals surface area contributed by atoms with Gasteiger partial charge < -0.3 is 10.4 Å². The zero-order valence-electron chi connectivity index (χ0n) is 11.2. The molecular formula is C15H20ClNO2. The Bertz CT molecular complexity index is 461. The largest absolute Gasteiger partial charge is 0.478 e. The van der Waals surface area contributed by atoms with Crippen molar-refractivity contribution in [1.29, 1.82) is 0 Å². The number of benzene rings is 1. The van der Waals surface area contributed by atoms with Gasteiger partial charge in [-0.3, -0.25) is 0 Å². The van der Waals surface area contributed by atoms with E-state index < -0.39 is 5.97 Å². The Morgan fingerprint density at radius 1 is 1.42 bits per heavy atom. The number of carbonyl (C=O) groups is 1. The minimum Gasteiger partial charge on any atom is -0.478 e. The monoisotopic (exact) mass is 281 g/mol. The Labute approximate surface area is 119 Å². The SMILES string of the molecule is CC1CCCCC1CNc1cccc(Cl)c1C(=O)O. The molecular weight excluding hydrogens is 262 g/mol. The first kappa shape index (κ1) is 14.2. The van der Waals surface area contributed by atoms with Gasteiger partial charge in [-0.2, -0.15) is 0 Å². The van der Waals surface area contributed by atoms with E-state index in [2.05, 4.69) is 12.2 Å². The Balaban J connectivity index is 2.07. The van der Waals surface area contributed by atoms with Crippen LogP contribution in [0.15, 0.2) is 18.2 Å². The third-order valence-electron chi connectivity index (χ3n) is 4.07. The van der Waals surface area contributed by atoms with Crippen LogP contribution in [0.5, 0.6) is 0 Å². The Morgan fingerprint density at radius 3 is 2.84 bits per heavy atom. The summed E-state index contributed by atoms with van der Waals surface area (Å²) in [5.74, 6) is 0.341. The van der Waals surface area contributed by atoms with Gasteiger partial charge in [-0.1, -0.05) is 43.9 Å². The van der Waals surface area contributed by atoms with Crippen LogP contribution in [0.4, 0.5) is 5.69 Å². The average molecular weight is 282 g/mol. The molecule has 0 bridgehead atoms. The predicted octanol–water partition coefficient (Wildman–Crippen LogP) is 4.28. The van der Waals surface area contributed by atoms with Crippen LogP contribution >= 0.6 is 11.6 Å². The van der Waals surface area contributed by atoms with Crippen molar-refractivity contribution in [2.45, 2.75) is 32.6 Å². The van der Waals surface area contributed by atoms with E-state index in [0.29, 0.717) is 17.5 Å². The molecule has 1 aliphatic rings. The fourth-order valence-electron chi connectivity index (χ4n) is 2.83. The van der Waals surface area contributed by atoms with Crippen molar-refractivity contribution >= 4 is 23.3 Å². The predicted molar refractivity (Wildman–Crippen MR) is 78.0 cm³/mol. The highest BCUT2D eigenvalue weighted by molar-refractivity contribution is 6.34. The summed E-state index contributed by atoms with van der Waals surface area (Å²) in [5, 5.41) is 12.8. The van der Waals surface area contributed by atoms with Gasteiger partial charge in [0, 0.05) is 6.54 Å². The fraction of sp³-hybridized carbons (Fsp3) is 0.533. The topological polar surface area (TPSA) is 49.3 Å². The second-order valence-corrected chi connectivity index (χ2v) is 5.78. The van der Waals surface area contributed by atoms with Gasteiger partial charge in [-0.05, 0) is 30.4 Å². The van der Waals surface area contributed by atoms with E-state index >= 15 is 0 Å². The number of nitrogens with one attached hydrogen (secondary N) is 1.